The molecule has 7 nitrogen and oxygen atoms in total. The van der Waals surface area contributed by atoms with Crippen molar-refractivity contribution in [3.8, 4) is 11.5 Å². The minimum absolute atomic E-state index is 0.0761. The third kappa shape index (κ3) is 5.35. The number of piperidine rings is 1. The number of carbonyl (C=O) groups excluding carboxylic acids is 1. The van der Waals surface area contributed by atoms with E-state index in [4.69, 9.17) is 19.3 Å². The molecule has 1 N–H and O–H groups in total. The van der Waals surface area contributed by atoms with Gasteiger partial charge in [-0.1, -0.05) is 0 Å². The summed E-state index contributed by atoms with van der Waals surface area (Å²) in [5.41, 5.74) is 0.489. The van der Waals surface area contributed by atoms with Gasteiger partial charge >= 0.3 is 5.97 Å². The molecule has 1 aromatic carbocycles. The van der Waals surface area contributed by atoms with E-state index in [0.717, 1.165) is 12.8 Å². The summed E-state index contributed by atoms with van der Waals surface area (Å²) in [6.07, 6.45) is 1.95. The zero-order chi connectivity index (χ0) is 18.2. The number of likely N-dealkylation sites (tertiary alicyclic amines) is 1. The molecule has 1 aliphatic heterocycles. The molecule has 0 spiro atoms. The smallest absolute Gasteiger partial charge is 0.341 e. The minimum Gasteiger partial charge on any atom is -0.490 e. The molecule has 25 heavy (non-hydrogen) atoms. The van der Waals surface area contributed by atoms with E-state index in [0.29, 0.717) is 43.4 Å². The van der Waals surface area contributed by atoms with Gasteiger partial charge in [0.05, 0.1) is 12.7 Å². The number of nitrogens with zero attached hydrogens (tertiary/aromatic N) is 1. The second kappa shape index (κ2) is 9.27. The van der Waals surface area contributed by atoms with Crippen LogP contribution in [0.3, 0.4) is 0 Å². The Hall–Kier alpha value is -2.28. The van der Waals surface area contributed by atoms with Gasteiger partial charge in [0.15, 0.2) is 18.1 Å². The van der Waals surface area contributed by atoms with Gasteiger partial charge in [-0.25, -0.2) is 4.79 Å². The van der Waals surface area contributed by atoms with E-state index in [1.165, 1.54) is 0 Å². The van der Waals surface area contributed by atoms with E-state index < -0.39 is 12.6 Å². The number of hydrogen-bond acceptors (Lipinski definition) is 5. The van der Waals surface area contributed by atoms with Crippen LogP contribution < -0.4 is 9.47 Å². The second-order valence-electron chi connectivity index (χ2n) is 5.75. The molecule has 1 saturated heterocycles. The summed E-state index contributed by atoms with van der Waals surface area (Å²) in [4.78, 5) is 25.2. The Bertz CT molecular complexity index is 601. The second-order valence-corrected chi connectivity index (χ2v) is 5.75. The monoisotopic (exact) mass is 351 g/mol. The Morgan fingerprint density at radius 1 is 1.20 bits per heavy atom. The lowest BCUT2D eigenvalue weighted by atomic mass is 10.1. The summed E-state index contributed by atoms with van der Waals surface area (Å²) in [6.45, 7) is 5.60. The molecule has 0 aromatic heterocycles. The molecule has 1 fully saturated rings. The summed E-state index contributed by atoms with van der Waals surface area (Å²) >= 11 is 0. The highest BCUT2D eigenvalue weighted by atomic mass is 16.5. The van der Waals surface area contributed by atoms with Crippen molar-refractivity contribution >= 4 is 11.9 Å². The van der Waals surface area contributed by atoms with Crippen LogP contribution in [-0.4, -0.2) is 60.9 Å². The summed E-state index contributed by atoms with van der Waals surface area (Å²) in [5, 5.41) is 8.74. The van der Waals surface area contributed by atoms with Crippen molar-refractivity contribution in [1.82, 2.24) is 4.90 Å². The van der Waals surface area contributed by atoms with Crippen molar-refractivity contribution in [2.75, 3.05) is 32.9 Å². The van der Waals surface area contributed by atoms with E-state index >= 15 is 0 Å². The van der Waals surface area contributed by atoms with Gasteiger partial charge in [-0.15, -0.1) is 0 Å². The number of rotatable bonds is 8. The highest BCUT2D eigenvalue weighted by Gasteiger charge is 2.25. The van der Waals surface area contributed by atoms with Crippen LogP contribution >= 0.6 is 0 Å². The van der Waals surface area contributed by atoms with Crippen LogP contribution in [0, 0.1) is 0 Å². The van der Waals surface area contributed by atoms with Crippen LogP contribution in [0.1, 0.15) is 37.0 Å². The van der Waals surface area contributed by atoms with Crippen LogP contribution in [0.15, 0.2) is 18.2 Å². The van der Waals surface area contributed by atoms with E-state index in [1.54, 1.807) is 23.1 Å². The Balaban J connectivity index is 2.13. The number of amides is 1. The van der Waals surface area contributed by atoms with Gasteiger partial charge in [-0.05, 0) is 44.9 Å². The molecule has 7 heteroatoms. The predicted octanol–water partition coefficient (Wildman–Crippen LogP) is 2.19. The van der Waals surface area contributed by atoms with Crippen molar-refractivity contribution < 1.29 is 28.9 Å². The maximum absolute atomic E-state index is 12.8. The molecule has 1 heterocycles. The predicted molar refractivity (Wildman–Crippen MR) is 91.3 cm³/mol. The van der Waals surface area contributed by atoms with Gasteiger partial charge in [0.25, 0.3) is 5.91 Å². The highest BCUT2D eigenvalue weighted by Crippen LogP contribution is 2.29. The van der Waals surface area contributed by atoms with Gasteiger partial charge in [0.1, 0.15) is 0 Å². The Morgan fingerprint density at radius 2 is 2.00 bits per heavy atom. The first-order chi connectivity index (χ1) is 12.0. The first kappa shape index (κ1) is 19.1. The maximum atomic E-state index is 12.8. The zero-order valence-corrected chi connectivity index (χ0v) is 14.7. The van der Waals surface area contributed by atoms with Gasteiger partial charge in [-0.3, -0.25) is 4.79 Å². The number of carboxylic acid groups (broad SMARTS) is 1. The lowest BCUT2D eigenvalue weighted by molar-refractivity contribution is -0.139. The Labute approximate surface area is 147 Å². The standard InChI is InChI=1S/C18H25NO6/c1-3-23-14-6-5-9-19(11-14)18(22)13-7-8-15(25-12-17(20)21)16(10-13)24-4-2/h7-8,10,14H,3-6,9,11-12H2,1-2H3,(H,20,21). The molecule has 1 aromatic rings. The summed E-state index contributed by atoms with van der Waals surface area (Å²) in [6, 6.07) is 4.81. The fourth-order valence-electron chi connectivity index (χ4n) is 2.85. The molecule has 1 amide bonds. The molecule has 1 unspecified atom stereocenters. The summed E-state index contributed by atoms with van der Waals surface area (Å²) in [5.74, 6) is -0.479. The van der Waals surface area contributed by atoms with Crippen LogP contribution in [-0.2, 0) is 9.53 Å². The van der Waals surface area contributed by atoms with Crippen molar-refractivity contribution in [2.45, 2.75) is 32.8 Å². The van der Waals surface area contributed by atoms with Crippen molar-refractivity contribution in [3.05, 3.63) is 23.8 Å². The molecule has 0 aliphatic carbocycles. The van der Waals surface area contributed by atoms with Gasteiger partial charge in [-0.2, -0.15) is 0 Å². The summed E-state index contributed by atoms with van der Waals surface area (Å²) in [7, 11) is 0. The number of carboxylic acids is 1. The molecule has 2 rings (SSSR count). The maximum Gasteiger partial charge on any atom is 0.341 e. The van der Waals surface area contributed by atoms with Gasteiger partial charge in [0.2, 0.25) is 0 Å². The zero-order valence-electron chi connectivity index (χ0n) is 14.7. The number of benzene rings is 1. The van der Waals surface area contributed by atoms with Crippen molar-refractivity contribution in [1.29, 1.82) is 0 Å². The average molecular weight is 351 g/mol. The average Bonchev–Trinajstić information content (AvgIpc) is 2.60. The molecular weight excluding hydrogens is 326 g/mol. The molecule has 1 aliphatic rings. The topological polar surface area (TPSA) is 85.3 Å². The van der Waals surface area contributed by atoms with Crippen molar-refractivity contribution in [2.24, 2.45) is 0 Å². The van der Waals surface area contributed by atoms with E-state index in [2.05, 4.69) is 0 Å². The number of carbonyl (C=O) groups is 2. The summed E-state index contributed by atoms with van der Waals surface area (Å²) < 4.78 is 16.3. The number of hydrogen-bond donors (Lipinski definition) is 1. The lowest BCUT2D eigenvalue weighted by Gasteiger charge is -2.32. The highest BCUT2D eigenvalue weighted by molar-refractivity contribution is 5.95. The quantitative estimate of drug-likeness (QED) is 0.773. The molecule has 0 saturated carbocycles. The van der Waals surface area contributed by atoms with Gasteiger partial charge in [0, 0.05) is 25.3 Å². The lowest BCUT2D eigenvalue weighted by Crippen LogP contribution is -2.43. The van der Waals surface area contributed by atoms with E-state index in [-0.39, 0.29) is 12.0 Å². The third-order valence-corrected chi connectivity index (χ3v) is 3.91. The van der Waals surface area contributed by atoms with Crippen LogP contribution in [0.4, 0.5) is 0 Å². The molecule has 0 bridgehead atoms. The number of aliphatic carboxylic acids is 1. The van der Waals surface area contributed by atoms with E-state index in [9.17, 15) is 9.59 Å². The Morgan fingerprint density at radius 3 is 2.68 bits per heavy atom. The SMILES string of the molecule is CCOc1cc(C(=O)N2CCCC(OCC)C2)ccc1OCC(=O)O. The fourth-order valence-corrected chi connectivity index (χ4v) is 2.85. The first-order valence-corrected chi connectivity index (χ1v) is 8.57. The molecular formula is C18H25NO6. The van der Waals surface area contributed by atoms with Crippen LogP contribution in [0.25, 0.3) is 0 Å². The third-order valence-electron chi connectivity index (χ3n) is 3.91. The Kier molecular flexibility index (Phi) is 7.06. The molecule has 0 radical (unpaired) electrons. The van der Waals surface area contributed by atoms with E-state index in [1.807, 2.05) is 13.8 Å². The molecule has 138 valence electrons. The van der Waals surface area contributed by atoms with Crippen LogP contribution in [0.2, 0.25) is 0 Å². The van der Waals surface area contributed by atoms with Crippen LogP contribution in [0.5, 0.6) is 11.5 Å². The molecule has 1 atom stereocenters. The fraction of sp³-hybridized carbons (Fsp3) is 0.556. The van der Waals surface area contributed by atoms with Crippen molar-refractivity contribution in [3.63, 3.8) is 0 Å². The minimum atomic E-state index is -1.07. The van der Waals surface area contributed by atoms with Gasteiger partial charge < -0.3 is 24.2 Å². The largest absolute Gasteiger partial charge is 0.490 e. The first-order valence-electron chi connectivity index (χ1n) is 8.57. The normalized spacial score (nSPS) is 17.2. The number of ether oxygens (including phenoxy) is 3.